The molecule has 0 saturated heterocycles. The Kier molecular flexibility index (Phi) is 66.9. The Morgan fingerprint density at radius 1 is 0.280 bits per heavy atom. The van der Waals surface area contributed by atoms with Crippen LogP contribution in [0.25, 0.3) is 0 Å². The molecule has 5 nitrogen and oxygen atoms in total. The van der Waals surface area contributed by atoms with E-state index >= 15 is 0 Å². The Hall–Kier alpha value is -4.48. The molecule has 5 heteroatoms. The van der Waals surface area contributed by atoms with Gasteiger partial charge in [0.25, 0.3) is 0 Å². The summed E-state index contributed by atoms with van der Waals surface area (Å²) in [5, 5.41) is 9.70. The highest BCUT2D eigenvalue weighted by molar-refractivity contribution is 5.70. The molecule has 1 unspecified atom stereocenters. The van der Waals surface area contributed by atoms with E-state index in [1.807, 2.05) is 0 Å². The molecule has 0 rings (SSSR count). The topological polar surface area (TPSA) is 72.8 Å². The Labute approximate surface area is 507 Å². The van der Waals surface area contributed by atoms with E-state index in [2.05, 4.69) is 172 Å². The predicted octanol–water partition coefficient (Wildman–Crippen LogP) is 23.9. The summed E-state index contributed by atoms with van der Waals surface area (Å²) in [4.78, 5) is 24.6. The number of hydrogen-bond donors (Lipinski definition) is 1. The summed E-state index contributed by atoms with van der Waals surface area (Å²) in [5.74, 6) is -0.594. The molecule has 0 spiro atoms. The first-order valence-electron chi connectivity index (χ1n) is 34.0. The minimum Gasteiger partial charge on any atom is -0.462 e. The number of carbonyl (C=O) groups excluding carboxylic acids is 2. The first-order chi connectivity index (χ1) is 40.6. The van der Waals surface area contributed by atoms with Crippen LogP contribution < -0.4 is 0 Å². The van der Waals surface area contributed by atoms with Gasteiger partial charge in [0.1, 0.15) is 6.61 Å². The molecule has 0 aliphatic rings. The Bertz CT molecular complexity index is 1760. The summed E-state index contributed by atoms with van der Waals surface area (Å²) < 4.78 is 10.8. The maximum absolute atomic E-state index is 12.4. The van der Waals surface area contributed by atoms with Gasteiger partial charge in [0.05, 0.1) is 6.61 Å². The van der Waals surface area contributed by atoms with E-state index < -0.39 is 6.10 Å². The molecule has 0 bridgehead atoms. The average Bonchev–Trinajstić information content (AvgIpc) is 3.49. The van der Waals surface area contributed by atoms with Crippen molar-refractivity contribution >= 4 is 11.9 Å². The van der Waals surface area contributed by atoms with E-state index in [4.69, 9.17) is 9.47 Å². The largest absolute Gasteiger partial charge is 0.462 e. The normalized spacial score (nSPS) is 13.3. The van der Waals surface area contributed by atoms with Crippen molar-refractivity contribution in [1.29, 1.82) is 0 Å². The zero-order valence-corrected chi connectivity index (χ0v) is 53.2. The molecule has 0 heterocycles. The second kappa shape index (κ2) is 70.8. The van der Waals surface area contributed by atoms with Crippen LogP contribution >= 0.6 is 0 Å². The molecule has 0 aliphatic heterocycles. The van der Waals surface area contributed by atoms with Gasteiger partial charge < -0.3 is 14.6 Å². The fourth-order valence-electron chi connectivity index (χ4n) is 9.31. The van der Waals surface area contributed by atoms with Crippen molar-refractivity contribution in [2.75, 3.05) is 13.2 Å². The molecule has 82 heavy (non-hydrogen) atoms. The van der Waals surface area contributed by atoms with Crippen LogP contribution in [0.2, 0.25) is 0 Å². The maximum Gasteiger partial charge on any atom is 0.306 e. The van der Waals surface area contributed by atoms with Crippen LogP contribution in [0.3, 0.4) is 0 Å². The molecule has 0 aromatic heterocycles. The molecular formula is C77H126O5. The van der Waals surface area contributed by atoms with E-state index in [1.54, 1.807) is 0 Å². The fraction of sp³-hybridized carbons (Fsp3) is 0.636. The second-order valence-corrected chi connectivity index (χ2v) is 22.1. The van der Waals surface area contributed by atoms with E-state index in [0.29, 0.717) is 12.8 Å². The molecule has 0 aromatic rings. The predicted molar refractivity (Wildman–Crippen MR) is 361 cm³/mol. The molecule has 464 valence electrons. The van der Waals surface area contributed by atoms with E-state index in [-0.39, 0.29) is 25.2 Å². The number of esters is 2. The molecule has 0 fully saturated rings. The van der Waals surface area contributed by atoms with E-state index in [9.17, 15) is 14.7 Å². The summed E-state index contributed by atoms with van der Waals surface area (Å²) in [6.07, 6.45) is 108. The molecular weight excluding hydrogens is 1000 g/mol. The van der Waals surface area contributed by atoms with Crippen LogP contribution in [0.15, 0.2) is 158 Å². The standard InChI is InChI=1S/C77H126O5/c1-3-5-7-9-11-13-15-17-19-21-23-25-27-29-31-33-34-35-36-37-38-39-40-41-42-44-46-48-50-52-54-56-58-60-62-64-66-68-70-72-77(80)82-75(73-78)74-81-76(79)71-69-67-65-63-61-59-57-55-53-51-49-47-45-43-32-30-28-26-24-22-20-18-16-14-12-10-8-6-4-2/h5-8,11-14,17-20,23-26,29,31,34-35,37-38,40-41,44,46,75,78H,3-4,9-10,15-16,21-22,27-28,30,32-33,36,39,42-43,45,47-74H2,1-2H3/b7-5-,8-6-,13-11-,14-12-,19-17-,20-18-,25-23-,26-24-,31-29-,35-34-,38-37-,41-40-,46-44-. The monoisotopic (exact) mass is 1130 g/mol. The maximum atomic E-state index is 12.4. The quantitative estimate of drug-likeness (QED) is 0.0373. The first kappa shape index (κ1) is 77.5. The number of carbonyl (C=O) groups is 2. The van der Waals surface area contributed by atoms with E-state index in [1.165, 1.54) is 148 Å². The van der Waals surface area contributed by atoms with Gasteiger partial charge >= 0.3 is 11.9 Å². The number of aliphatic hydroxyl groups is 1. The third-order valence-corrected chi connectivity index (χ3v) is 14.3. The molecule has 0 radical (unpaired) electrons. The number of ether oxygens (including phenoxy) is 2. The second-order valence-electron chi connectivity index (χ2n) is 22.1. The van der Waals surface area contributed by atoms with Crippen molar-refractivity contribution in [3.8, 4) is 0 Å². The Morgan fingerprint density at radius 3 is 0.732 bits per heavy atom. The molecule has 1 atom stereocenters. The zero-order chi connectivity index (χ0) is 59.1. The van der Waals surface area contributed by atoms with Crippen LogP contribution in [0.5, 0.6) is 0 Å². The molecule has 0 aromatic carbocycles. The first-order valence-corrected chi connectivity index (χ1v) is 34.0. The lowest BCUT2D eigenvalue weighted by atomic mass is 10.0. The smallest absolute Gasteiger partial charge is 0.306 e. The summed E-state index contributed by atoms with van der Waals surface area (Å²) in [7, 11) is 0. The number of allylic oxidation sites excluding steroid dienone is 26. The zero-order valence-electron chi connectivity index (χ0n) is 53.2. The van der Waals surface area contributed by atoms with Gasteiger partial charge in [-0.3, -0.25) is 9.59 Å². The number of rotatable bonds is 61. The van der Waals surface area contributed by atoms with Gasteiger partial charge in [-0.2, -0.15) is 0 Å². The Balaban J connectivity index is 3.53. The van der Waals surface area contributed by atoms with Crippen molar-refractivity contribution in [3.05, 3.63) is 158 Å². The number of aliphatic hydroxyl groups excluding tert-OH is 1. The van der Waals surface area contributed by atoms with Gasteiger partial charge in [0.15, 0.2) is 6.10 Å². The molecule has 0 saturated carbocycles. The minimum atomic E-state index is -0.784. The van der Waals surface area contributed by atoms with Gasteiger partial charge in [-0.15, -0.1) is 0 Å². The lowest BCUT2D eigenvalue weighted by Crippen LogP contribution is -2.28. The van der Waals surface area contributed by atoms with Crippen molar-refractivity contribution in [2.24, 2.45) is 0 Å². The molecule has 0 amide bonds. The van der Waals surface area contributed by atoms with Crippen molar-refractivity contribution < 1.29 is 24.2 Å². The summed E-state index contributed by atoms with van der Waals surface area (Å²) in [5.41, 5.74) is 0. The number of unbranched alkanes of at least 4 members (excludes halogenated alkanes) is 27. The average molecular weight is 1130 g/mol. The Morgan fingerprint density at radius 2 is 0.488 bits per heavy atom. The molecule has 1 N–H and O–H groups in total. The lowest BCUT2D eigenvalue weighted by molar-refractivity contribution is -0.161. The van der Waals surface area contributed by atoms with Gasteiger partial charge in [-0.05, 0) is 122 Å². The van der Waals surface area contributed by atoms with Crippen LogP contribution in [0.1, 0.15) is 296 Å². The van der Waals surface area contributed by atoms with E-state index in [0.717, 1.165) is 122 Å². The highest BCUT2D eigenvalue weighted by Gasteiger charge is 2.16. The summed E-state index contributed by atoms with van der Waals surface area (Å²) >= 11 is 0. The van der Waals surface area contributed by atoms with Crippen molar-refractivity contribution in [2.45, 2.75) is 302 Å². The van der Waals surface area contributed by atoms with Crippen LogP contribution in [-0.4, -0.2) is 36.4 Å². The SMILES string of the molecule is CC/C=C\C/C=C\C/C=C\C/C=C\C/C=C\C/C=C\C/C=C\C/C=C\C/C=C\CCCCCCCCCCCCCC(=O)OC(CO)COC(=O)CCCCCCCCCCCCCCCCCC/C=C\C/C=C\C/C=C\C/C=C\CC. The summed E-state index contributed by atoms with van der Waals surface area (Å²) in [6.45, 7) is 3.93. The summed E-state index contributed by atoms with van der Waals surface area (Å²) in [6, 6.07) is 0. The molecule has 0 aliphatic carbocycles. The fourth-order valence-corrected chi connectivity index (χ4v) is 9.31. The van der Waals surface area contributed by atoms with Gasteiger partial charge in [0, 0.05) is 12.8 Å². The van der Waals surface area contributed by atoms with Gasteiger partial charge in [-0.25, -0.2) is 0 Å². The van der Waals surface area contributed by atoms with Crippen molar-refractivity contribution in [1.82, 2.24) is 0 Å². The van der Waals surface area contributed by atoms with Gasteiger partial charge in [-0.1, -0.05) is 320 Å². The highest BCUT2D eigenvalue weighted by atomic mass is 16.6. The highest BCUT2D eigenvalue weighted by Crippen LogP contribution is 2.17. The van der Waals surface area contributed by atoms with Crippen molar-refractivity contribution in [3.63, 3.8) is 0 Å². The van der Waals surface area contributed by atoms with Crippen LogP contribution in [0.4, 0.5) is 0 Å². The van der Waals surface area contributed by atoms with Crippen LogP contribution in [-0.2, 0) is 19.1 Å². The minimum absolute atomic E-state index is 0.0729. The lowest BCUT2D eigenvalue weighted by Gasteiger charge is -2.15. The number of hydrogen-bond acceptors (Lipinski definition) is 5. The third kappa shape index (κ3) is 68.0. The third-order valence-electron chi connectivity index (χ3n) is 14.3. The van der Waals surface area contributed by atoms with Gasteiger partial charge in [0.2, 0.25) is 0 Å². The van der Waals surface area contributed by atoms with Crippen LogP contribution in [0, 0.1) is 0 Å².